The maximum atomic E-state index is 5.74. The Labute approximate surface area is 98.3 Å². The van der Waals surface area contributed by atoms with Crippen LogP contribution in [0.2, 0.25) is 0 Å². The summed E-state index contributed by atoms with van der Waals surface area (Å²) in [5.41, 5.74) is 17.0. The first kappa shape index (κ1) is 12.8. The van der Waals surface area contributed by atoms with Crippen LogP contribution in [0.1, 0.15) is 35.1 Å². The van der Waals surface area contributed by atoms with Crippen molar-refractivity contribution in [3.8, 4) is 0 Å². The van der Waals surface area contributed by atoms with Crippen molar-refractivity contribution in [2.75, 3.05) is 6.54 Å². The molecule has 0 unspecified atom stereocenters. The van der Waals surface area contributed by atoms with Gasteiger partial charge in [0.2, 0.25) is 0 Å². The SMILES string of the molecule is C=C(N)c1cc(C)c(C)c(CCCCN)c1. The van der Waals surface area contributed by atoms with Gasteiger partial charge in [0.15, 0.2) is 0 Å². The lowest BCUT2D eigenvalue weighted by atomic mass is 9.95. The molecule has 0 aromatic heterocycles. The normalized spacial score (nSPS) is 10.4. The lowest BCUT2D eigenvalue weighted by molar-refractivity contribution is 0.741. The summed E-state index contributed by atoms with van der Waals surface area (Å²) in [7, 11) is 0. The molecular weight excluding hydrogens is 196 g/mol. The lowest BCUT2D eigenvalue weighted by Gasteiger charge is -2.12. The van der Waals surface area contributed by atoms with Gasteiger partial charge in [-0.15, -0.1) is 0 Å². The molecule has 0 amide bonds. The van der Waals surface area contributed by atoms with Gasteiger partial charge in [0, 0.05) is 5.70 Å². The second-order valence-corrected chi connectivity index (χ2v) is 4.35. The number of unbranched alkanes of at least 4 members (excludes halogenated alkanes) is 1. The van der Waals surface area contributed by atoms with Crippen LogP contribution in [-0.2, 0) is 6.42 Å². The molecule has 2 nitrogen and oxygen atoms in total. The Morgan fingerprint density at radius 1 is 1.25 bits per heavy atom. The number of rotatable bonds is 5. The van der Waals surface area contributed by atoms with Gasteiger partial charge >= 0.3 is 0 Å². The van der Waals surface area contributed by atoms with Crippen LogP contribution in [0.4, 0.5) is 0 Å². The van der Waals surface area contributed by atoms with Crippen LogP contribution in [0.5, 0.6) is 0 Å². The molecule has 0 saturated carbocycles. The van der Waals surface area contributed by atoms with E-state index in [-0.39, 0.29) is 0 Å². The average molecular weight is 218 g/mol. The van der Waals surface area contributed by atoms with E-state index in [1.54, 1.807) is 0 Å². The van der Waals surface area contributed by atoms with Crippen LogP contribution in [-0.4, -0.2) is 6.54 Å². The molecule has 0 aliphatic heterocycles. The molecule has 0 bridgehead atoms. The number of benzene rings is 1. The fraction of sp³-hybridized carbons (Fsp3) is 0.429. The van der Waals surface area contributed by atoms with Crippen molar-refractivity contribution < 1.29 is 0 Å². The molecule has 16 heavy (non-hydrogen) atoms. The van der Waals surface area contributed by atoms with E-state index in [0.717, 1.165) is 31.4 Å². The van der Waals surface area contributed by atoms with Crippen molar-refractivity contribution in [3.05, 3.63) is 41.0 Å². The highest BCUT2D eigenvalue weighted by atomic mass is 14.6. The zero-order chi connectivity index (χ0) is 12.1. The molecule has 2 heteroatoms. The summed E-state index contributed by atoms with van der Waals surface area (Å²) < 4.78 is 0. The fourth-order valence-corrected chi connectivity index (χ4v) is 1.84. The Kier molecular flexibility index (Phi) is 4.56. The van der Waals surface area contributed by atoms with Crippen molar-refractivity contribution in [2.45, 2.75) is 33.1 Å². The maximum Gasteiger partial charge on any atom is 0.0314 e. The zero-order valence-electron chi connectivity index (χ0n) is 10.3. The Balaban J connectivity index is 2.93. The van der Waals surface area contributed by atoms with Crippen LogP contribution in [0.3, 0.4) is 0 Å². The average Bonchev–Trinajstić information content (AvgIpc) is 2.24. The van der Waals surface area contributed by atoms with Crippen LogP contribution >= 0.6 is 0 Å². The van der Waals surface area contributed by atoms with E-state index in [9.17, 15) is 0 Å². The van der Waals surface area contributed by atoms with Crippen LogP contribution < -0.4 is 11.5 Å². The highest BCUT2D eigenvalue weighted by Crippen LogP contribution is 2.20. The van der Waals surface area contributed by atoms with Crippen molar-refractivity contribution in [3.63, 3.8) is 0 Å². The third kappa shape index (κ3) is 3.11. The van der Waals surface area contributed by atoms with Crippen molar-refractivity contribution in [1.29, 1.82) is 0 Å². The monoisotopic (exact) mass is 218 g/mol. The molecule has 4 N–H and O–H groups in total. The first-order chi connectivity index (χ1) is 7.56. The Bertz CT molecular complexity index is 381. The van der Waals surface area contributed by atoms with E-state index < -0.39 is 0 Å². The Morgan fingerprint density at radius 2 is 1.94 bits per heavy atom. The molecule has 1 rings (SSSR count). The van der Waals surface area contributed by atoms with Gasteiger partial charge in [-0.25, -0.2) is 0 Å². The predicted molar refractivity (Wildman–Crippen MR) is 71.1 cm³/mol. The van der Waals surface area contributed by atoms with Gasteiger partial charge in [-0.2, -0.15) is 0 Å². The summed E-state index contributed by atoms with van der Waals surface area (Å²) in [6.45, 7) is 8.84. The van der Waals surface area contributed by atoms with Gasteiger partial charge < -0.3 is 11.5 Å². The maximum absolute atomic E-state index is 5.74. The minimum atomic E-state index is 0.642. The van der Waals surface area contributed by atoms with Crippen LogP contribution in [0, 0.1) is 13.8 Å². The third-order valence-corrected chi connectivity index (χ3v) is 3.05. The first-order valence-electron chi connectivity index (χ1n) is 5.81. The minimum Gasteiger partial charge on any atom is -0.399 e. The summed E-state index contributed by atoms with van der Waals surface area (Å²) in [5, 5.41) is 0. The number of hydrogen-bond donors (Lipinski definition) is 2. The highest BCUT2D eigenvalue weighted by molar-refractivity contribution is 5.62. The zero-order valence-corrected chi connectivity index (χ0v) is 10.3. The van der Waals surface area contributed by atoms with Crippen molar-refractivity contribution in [1.82, 2.24) is 0 Å². The summed E-state index contributed by atoms with van der Waals surface area (Å²) in [6, 6.07) is 4.26. The van der Waals surface area contributed by atoms with E-state index in [2.05, 4.69) is 32.6 Å². The Morgan fingerprint density at radius 3 is 2.50 bits per heavy atom. The molecule has 1 aromatic rings. The molecule has 0 fully saturated rings. The molecular formula is C14H22N2. The lowest BCUT2D eigenvalue weighted by Crippen LogP contribution is -2.02. The van der Waals surface area contributed by atoms with Gasteiger partial charge in [0.25, 0.3) is 0 Å². The molecule has 0 atom stereocenters. The van der Waals surface area contributed by atoms with Crippen molar-refractivity contribution >= 4 is 5.70 Å². The predicted octanol–water partition coefficient (Wildman–Crippen LogP) is 2.51. The second kappa shape index (κ2) is 5.71. The Hall–Kier alpha value is -1.28. The van der Waals surface area contributed by atoms with E-state index in [1.807, 2.05) is 0 Å². The van der Waals surface area contributed by atoms with Gasteiger partial charge in [0.05, 0.1) is 0 Å². The molecule has 88 valence electrons. The number of hydrogen-bond acceptors (Lipinski definition) is 2. The molecule has 0 aliphatic rings. The van der Waals surface area contributed by atoms with E-state index in [0.29, 0.717) is 5.70 Å². The molecule has 0 heterocycles. The third-order valence-electron chi connectivity index (χ3n) is 3.05. The van der Waals surface area contributed by atoms with Gasteiger partial charge in [-0.1, -0.05) is 6.58 Å². The van der Waals surface area contributed by atoms with Gasteiger partial charge in [-0.3, -0.25) is 0 Å². The van der Waals surface area contributed by atoms with E-state index in [1.165, 1.54) is 16.7 Å². The molecule has 0 aliphatic carbocycles. The summed E-state index contributed by atoms with van der Waals surface area (Å²) >= 11 is 0. The molecule has 0 radical (unpaired) electrons. The van der Waals surface area contributed by atoms with Crippen LogP contribution in [0.15, 0.2) is 18.7 Å². The topological polar surface area (TPSA) is 52.0 Å². The number of aryl methyl sites for hydroxylation is 2. The molecule has 0 saturated heterocycles. The van der Waals surface area contributed by atoms with Crippen LogP contribution in [0.25, 0.3) is 5.70 Å². The standard InChI is InChI=1S/C14H22N2/c1-10-8-14(12(3)16)9-13(11(10)2)6-4-5-7-15/h8-9H,3-7,15-16H2,1-2H3. The van der Waals surface area contributed by atoms with E-state index >= 15 is 0 Å². The highest BCUT2D eigenvalue weighted by Gasteiger charge is 2.05. The minimum absolute atomic E-state index is 0.642. The molecule has 1 aromatic carbocycles. The fourth-order valence-electron chi connectivity index (χ4n) is 1.84. The van der Waals surface area contributed by atoms with Gasteiger partial charge in [-0.05, 0) is 74.0 Å². The molecule has 0 spiro atoms. The smallest absolute Gasteiger partial charge is 0.0314 e. The summed E-state index contributed by atoms with van der Waals surface area (Å²) in [6.07, 6.45) is 3.29. The second-order valence-electron chi connectivity index (χ2n) is 4.35. The number of nitrogens with two attached hydrogens (primary N) is 2. The van der Waals surface area contributed by atoms with Crippen molar-refractivity contribution in [2.24, 2.45) is 11.5 Å². The largest absolute Gasteiger partial charge is 0.399 e. The summed E-state index contributed by atoms with van der Waals surface area (Å²) in [5.74, 6) is 0. The first-order valence-corrected chi connectivity index (χ1v) is 5.81. The summed E-state index contributed by atoms with van der Waals surface area (Å²) in [4.78, 5) is 0. The van der Waals surface area contributed by atoms with E-state index in [4.69, 9.17) is 11.5 Å². The quantitative estimate of drug-likeness (QED) is 0.746. The van der Waals surface area contributed by atoms with Gasteiger partial charge in [0.1, 0.15) is 0 Å².